The van der Waals surface area contributed by atoms with Crippen molar-refractivity contribution in [1.82, 2.24) is 29.8 Å². The number of carboxylic acid groups (broad SMARTS) is 1. The van der Waals surface area contributed by atoms with Crippen molar-refractivity contribution in [2.24, 2.45) is 0 Å². The molecule has 0 saturated heterocycles. The van der Waals surface area contributed by atoms with E-state index in [2.05, 4.69) is 25.4 Å². The molecule has 0 saturated carbocycles. The SMILES string of the molecule is O=C(O)c1ccc(-c2nnc3c4cn[nH]c4[nH]c(=O)n23)cc1. The monoisotopic (exact) mass is 296 g/mol. The molecule has 0 radical (unpaired) electrons. The zero-order valence-corrected chi connectivity index (χ0v) is 10.9. The molecule has 0 amide bonds. The Morgan fingerprint density at radius 2 is 1.95 bits per heavy atom. The van der Waals surface area contributed by atoms with Crippen LogP contribution in [-0.4, -0.2) is 40.9 Å². The normalized spacial score (nSPS) is 11.3. The molecular formula is C13H8N6O3. The summed E-state index contributed by atoms with van der Waals surface area (Å²) in [4.78, 5) is 25.7. The molecule has 0 bridgehead atoms. The van der Waals surface area contributed by atoms with Crippen LogP contribution in [0.15, 0.2) is 35.3 Å². The maximum Gasteiger partial charge on any atom is 0.335 e. The molecule has 1 aromatic carbocycles. The lowest BCUT2D eigenvalue weighted by Crippen LogP contribution is -2.17. The molecule has 4 aromatic rings. The lowest BCUT2D eigenvalue weighted by molar-refractivity contribution is 0.0697. The first-order chi connectivity index (χ1) is 10.6. The highest BCUT2D eigenvalue weighted by Crippen LogP contribution is 2.20. The number of nitrogens with one attached hydrogen (secondary N) is 2. The highest BCUT2D eigenvalue weighted by atomic mass is 16.4. The second-order valence-electron chi connectivity index (χ2n) is 4.65. The van der Waals surface area contributed by atoms with Crippen molar-refractivity contribution in [2.75, 3.05) is 0 Å². The summed E-state index contributed by atoms with van der Waals surface area (Å²) < 4.78 is 1.33. The standard InChI is InChI=1S/C13H8N6O3/c20-12(21)7-3-1-6(2-4-7)10-17-18-11-8-5-14-16-9(8)15-13(22)19(10)11/h1-5H,(H,20,21)(H2,14,15,16,22). The first-order valence-electron chi connectivity index (χ1n) is 6.29. The van der Waals surface area contributed by atoms with Crippen LogP contribution in [0.1, 0.15) is 10.4 Å². The van der Waals surface area contributed by atoms with Crippen LogP contribution in [0.25, 0.3) is 28.1 Å². The smallest absolute Gasteiger partial charge is 0.335 e. The van der Waals surface area contributed by atoms with Gasteiger partial charge < -0.3 is 5.11 Å². The van der Waals surface area contributed by atoms with E-state index in [4.69, 9.17) is 5.11 Å². The summed E-state index contributed by atoms with van der Waals surface area (Å²) in [5.74, 6) is -0.688. The van der Waals surface area contributed by atoms with Crippen LogP contribution in [0, 0.1) is 0 Å². The molecule has 0 aliphatic carbocycles. The van der Waals surface area contributed by atoms with Gasteiger partial charge in [-0.1, -0.05) is 12.1 Å². The Hall–Kier alpha value is -3.49. The van der Waals surface area contributed by atoms with Crippen LogP contribution in [0.5, 0.6) is 0 Å². The fraction of sp³-hybridized carbons (Fsp3) is 0. The van der Waals surface area contributed by atoms with Crippen molar-refractivity contribution in [2.45, 2.75) is 0 Å². The summed E-state index contributed by atoms with van der Waals surface area (Å²) in [5, 5.41) is 24.2. The number of hydrogen-bond acceptors (Lipinski definition) is 5. The molecule has 0 spiro atoms. The molecule has 3 heterocycles. The van der Waals surface area contributed by atoms with Crippen molar-refractivity contribution in [3.05, 3.63) is 46.5 Å². The number of rotatable bonds is 2. The largest absolute Gasteiger partial charge is 0.478 e. The number of aromatic nitrogens is 6. The summed E-state index contributed by atoms with van der Waals surface area (Å²) in [7, 11) is 0. The number of nitrogens with zero attached hydrogens (tertiary/aromatic N) is 4. The number of aromatic amines is 2. The van der Waals surface area contributed by atoms with Crippen LogP contribution in [0.4, 0.5) is 0 Å². The predicted octanol–water partition coefficient (Wildman–Crippen LogP) is 0.659. The average Bonchev–Trinajstić information content (AvgIpc) is 3.13. The molecule has 0 fully saturated rings. The number of aromatic carboxylic acids is 1. The number of benzene rings is 1. The Kier molecular flexibility index (Phi) is 2.37. The van der Waals surface area contributed by atoms with E-state index in [1.54, 1.807) is 18.3 Å². The minimum Gasteiger partial charge on any atom is -0.478 e. The summed E-state index contributed by atoms with van der Waals surface area (Å²) in [6.45, 7) is 0. The molecule has 22 heavy (non-hydrogen) atoms. The molecule has 0 atom stereocenters. The van der Waals surface area contributed by atoms with Crippen molar-refractivity contribution < 1.29 is 9.90 Å². The van der Waals surface area contributed by atoms with Gasteiger partial charge in [0.2, 0.25) is 0 Å². The van der Waals surface area contributed by atoms with Crippen LogP contribution in [0.3, 0.4) is 0 Å². The average molecular weight is 296 g/mol. The van der Waals surface area contributed by atoms with Gasteiger partial charge in [0.1, 0.15) is 5.65 Å². The Bertz CT molecular complexity index is 1070. The zero-order chi connectivity index (χ0) is 15.3. The van der Waals surface area contributed by atoms with Gasteiger partial charge in [-0.15, -0.1) is 10.2 Å². The fourth-order valence-electron chi connectivity index (χ4n) is 2.31. The van der Waals surface area contributed by atoms with Gasteiger partial charge in [0.05, 0.1) is 17.1 Å². The number of H-pyrrole nitrogens is 2. The first kappa shape index (κ1) is 12.3. The third-order valence-electron chi connectivity index (χ3n) is 3.37. The molecule has 3 aromatic heterocycles. The highest BCUT2D eigenvalue weighted by molar-refractivity contribution is 5.89. The summed E-state index contributed by atoms with van der Waals surface area (Å²) >= 11 is 0. The van der Waals surface area contributed by atoms with Crippen LogP contribution < -0.4 is 5.69 Å². The van der Waals surface area contributed by atoms with Crippen molar-refractivity contribution >= 4 is 22.6 Å². The van der Waals surface area contributed by atoms with Crippen molar-refractivity contribution in [3.63, 3.8) is 0 Å². The number of carbonyl (C=O) groups is 1. The minimum absolute atomic E-state index is 0.156. The number of carboxylic acids is 1. The maximum absolute atomic E-state index is 12.2. The molecule has 3 N–H and O–H groups in total. The fourth-order valence-corrected chi connectivity index (χ4v) is 2.31. The highest BCUT2D eigenvalue weighted by Gasteiger charge is 2.15. The van der Waals surface area contributed by atoms with E-state index in [9.17, 15) is 9.59 Å². The van der Waals surface area contributed by atoms with E-state index in [1.807, 2.05) is 0 Å². The molecule has 9 nitrogen and oxygen atoms in total. The zero-order valence-electron chi connectivity index (χ0n) is 10.9. The van der Waals surface area contributed by atoms with E-state index in [1.165, 1.54) is 16.5 Å². The molecule has 0 aliphatic heterocycles. The van der Waals surface area contributed by atoms with Crippen molar-refractivity contribution in [1.29, 1.82) is 0 Å². The van der Waals surface area contributed by atoms with Gasteiger partial charge in [0, 0.05) is 5.56 Å². The summed E-state index contributed by atoms with van der Waals surface area (Å²) in [5.41, 5.74) is 1.19. The van der Waals surface area contributed by atoms with Crippen molar-refractivity contribution in [3.8, 4) is 11.4 Å². The van der Waals surface area contributed by atoms with Crippen LogP contribution in [-0.2, 0) is 0 Å². The van der Waals surface area contributed by atoms with E-state index < -0.39 is 11.7 Å². The van der Waals surface area contributed by atoms with Crippen LogP contribution in [0.2, 0.25) is 0 Å². The lowest BCUT2D eigenvalue weighted by atomic mass is 10.1. The van der Waals surface area contributed by atoms with E-state index in [0.29, 0.717) is 28.1 Å². The summed E-state index contributed by atoms with van der Waals surface area (Å²) in [6.07, 6.45) is 1.55. The van der Waals surface area contributed by atoms with Gasteiger partial charge in [-0.25, -0.2) is 14.0 Å². The third kappa shape index (κ3) is 1.62. The Balaban J connectivity index is 1.99. The Morgan fingerprint density at radius 3 is 2.68 bits per heavy atom. The predicted molar refractivity (Wildman–Crippen MR) is 75.7 cm³/mol. The molecule has 0 unspecified atom stereocenters. The number of hydrogen-bond donors (Lipinski definition) is 3. The third-order valence-corrected chi connectivity index (χ3v) is 3.37. The van der Waals surface area contributed by atoms with Gasteiger partial charge in [0.15, 0.2) is 11.5 Å². The Morgan fingerprint density at radius 1 is 1.18 bits per heavy atom. The maximum atomic E-state index is 12.2. The molecule has 0 aliphatic rings. The van der Waals surface area contributed by atoms with E-state index in [-0.39, 0.29) is 5.56 Å². The second kappa shape index (κ2) is 4.25. The molecular weight excluding hydrogens is 288 g/mol. The Labute approximate surface area is 121 Å². The molecule has 4 rings (SSSR count). The van der Waals surface area contributed by atoms with Gasteiger partial charge in [-0.3, -0.25) is 10.1 Å². The van der Waals surface area contributed by atoms with Gasteiger partial charge in [-0.2, -0.15) is 5.10 Å². The number of fused-ring (bicyclic) bond motifs is 3. The van der Waals surface area contributed by atoms with Gasteiger partial charge in [-0.05, 0) is 12.1 Å². The topological polar surface area (TPSA) is 129 Å². The first-order valence-corrected chi connectivity index (χ1v) is 6.29. The van der Waals surface area contributed by atoms with Gasteiger partial charge >= 0.3 is 11.7 Å². The molecule has 9 heteroatoms. The summed E-state index contributed by atoms with van der Waals surface area (Å²) in [6, 6.07) is 6.06. The lowest BCUT2D eigenvalue weighted by Gasteiger charge is -2.00. The quantitative estimate of drug-likeness (QED) is 0.498. The van der Waals surface area contributed by atoms with Crippen LogP contribution >= 0.6 is 0 Å². The molecule has 108 valence electrons. The van der Waals surface area contributed by atoms with Gasteiger partial charge in [0.25, 0.3) is 0 Å². The second-order valence-corrected chi connectivity index (χ2v) is 4.65. The van der Waals surface area contributed by atoms with E-state index in [0.717, 1.165) is 0 Å². The minimum atomic E-state index is -1.02. The van der Waals surface area contributed by atoms with E-state index >= 15 is 0 Å².